The first-order valence-electron chi connectivity index (χ1n) is 3.25. The number of hydrogen-bond acceptors (Lipinski definition) is 3. The Hall–Kier alpha value is 0.270. The Morgan fingerprint density at radius 2 is 1.78 bits per heavy atom. The maximum atomic E-state index is 5.44. The molecule has 2 saturated heterocycles. The maximum Gasteiger partial charge on any atom is 0.155 e. The number of thioether (sulfide) groups is 1. The highest BCUT2D eigenvalue weighted by atomic mass is 32.2. The standard InChI is InChI=1S/C6H10O2S/c1-4-7-5-2-9-3-6(5)8-4/h4-6H,2-3H2,1H3. The lowest BCUT2D eigenvalue weighted by Crippen LogP contribution is -2.18. The van der Waals surface area contributed by atoms with Gasteiger partial charge in [-0.05, 0) is 6.92 Å². The summed E-state index contributed by atoms with van der Waals surface area (Å²) >= 11 is 1.92. The molecule has 0 aromatic rings. The predicted molar refractivity (Wildman–Crippen MR) is 36.5 cm³/mol. The molecule has 0 amide bonds. The molecule has 0 radical (unpaired) electrons. The van der Waals surface area contributed by atoms with Gasteiger partial charge in [0.05, 0.1) is 12.2 Å². The van der Waals surface area contributed by atoms with Gasteiger partial charge in [0.1, 0.15) is 0 Å². The van der Waals surface area contributed by atoms with Crippen molar-refractivity contribution in [3.05, 3.63) is 0 Å². The monoisotopic (exact) mass is 146 g/mol. The zero-order chi connectivity index (χ0) is 6.27. The van der Waals surface area contributed by atoms with Crippen molar-refractivity contribution < 1.29 is 9.47 Å². The molecule has 2 fully saturated rings. The van der Waals surface area contributed by atoms with E-state index < -0.39 is 0 Å². The Kier molecular flexibility index (Phi) is 1.43. The van der Waals surface area contributed by atoms with Crippen LogP contribution in [-0.2, 0) is 9.47 Å². The van der Waals surface area contributed by atoms with E-state index >= 15 is 0 Å². The Balaban J connectivity index is 2.02. The van der Waals surface area contributed by atoms with Crippen LogP contribution in [-0.4, -0.2) is 30.0 Å². The first-order valence-corrected chi connectivity index (χ1v) is 4.40. The molecular weight excluding hydrogens is 136 g/mol. The summed E-state index contributed by atoms with van der Waals surface area (Å²) < 4.78 is 10.9. The molecule has 3 heteroatoms. The number of ether oxygens (including phenoxy) is 2. The summed E-state index contributed by atoms with van der Waals surface area (Å²) in [7, 11) is 0. The predicted octanol–water partition coefficient (Wildman–Crippen LogP) is 0.863. The van der Waals surface area contributed by atoms with E-state index in [0.29, 0.717) is 12.2 Å². The molecule has 2 aliphatic heterocycles. The van der Waals surface area contributed by atoms with E-state index in [4.69, 9.17) is 9.47 Å². The van der Waals surface area contributed by atoms with Gasteiger partial charge in [-0.15, -0.1) is 0 Å². The molecule has 9 heavy (non-hydrogen) atoms. The van der Waals surface area contributed by atoms with Crippen LogP contribution in [0, 0.1) is 0 Å². The Labute approximate surface area is 58.9 Å². The van der Waals surface area contributed by atoms with Gasteiger partial charge in [-0.3, -0.25) is 0 Å². The van der Waals surface area contributed by atoms with E-state index in [-0.39, 0.29) is 6.29 Å². The van der Waals surface area contributed by atoms with Crippen molar-refractivity contribution in [3.63, 3.8) is 0 Å². The Morgan fingerprint density at radius 1 is 1.22 bits per heavy atom. The second kappa shape index (κ2) is 2.15. The van der Waals surface area contributed by atoms with Gasteiger partial charge in [0.2, 0.25) is 0 Å². The van der Waals surface area contributed by atoms with Gasteiger partial charge in [0.25, 0.3) is 0 Å². The topological polar surface area (TPSA) is 18.5 Å². The van der Waals surface area contributed by atoms with Gasteiger partial charge >= 0.3 is 0 Å². The van der Waals surface area contributed by atoms with Crippen molar-refractivity contribution in [1.29, 1.82) is 0 Å². The average Bonchev–Trinajstić information content (AvgIpc) is 2.22. The SMILES string of the molecule is CC1OC2CSCC2O1. The largest absolute Gasteiger partial charge is 0.346 e. The summed E-state index contributed by atoms with van der Waals surface area (Å²) in [5, 5.41) is 0. The molecule has 2 heterocycles. The molecule has 0 aliphatic carbocycles. The van der Waals surface area contributed by atoms with Crippen molar-refractivity contribution in [1.82, 2.24) is 0 Å². The highest BCUT2D eigenvalue weighted by molar-refractivity contribution is 7.99. The Morgan fingerprint density at radius 3 is 2.33 bits per heavy atom. The van der Waals surface area contributed by atoms with Crippen molar-refractivity contribution in [2.75, 3.05) is 11.5 Å². The summed E-state index contributed by atoms with van der Waals surface area (Å²) in [6, 6.07) is 0. The minimum Gasteiger partial charge on any atom is -0.346 e. The van der Waals surface area contributed by atoms with Crippen LogP contribution in [0.2, 0.25) is 0 Å². The molecule has 0 N–H and O–H groups in total. The smallest absolute Gasteiger partial charge is 0.155 e. The van der Waals surface area contributed by atoms with E-state index in [1.807, 2.05) is 18.7 Å². The zero-order valence-electron chi connectivity index (χ0n) is 5.37. The Bertz CT molecular complexity index is 106. The van der Waals surface area contributed by atoms with Gasteiger partial charge in [-0.2, -0.15) is 11.8 Å². The van der Waals surface area contributed by atoms with Crippen LogP contribution < -0.4 is 0 Å². The molecular formula is C6H10O2S. The number of hydrogen-bond donors (Lipinski definition) is 0. The van der Waals surface area contributed by atoms with Crippen LogP contribution in [0.5, 0.6) is 0 Å². The molecule has 2 aliphatic rings. The van der Waals surface area contributed by atoms with Crippen LogP contribution >= 0.6 is 11.8 Å². The van der Waals surface area contributed by atoms with Gasteiger partial charge < -0.3 is 9.47 Å². The minimum atomic E-state index is 0.0425. The molecule has 0 spiro atoms. The molecule has 2 nitrogen and oxygen atoms in total. The van der Waals surface area contributed by atoms with Crippen LogP contribution in [0.4, 0.5) is 0 Å². The lowest BCUT2D eigenvalue weighted by atomic mass is 10.3. The zero-order valence-corrected chi connectivity index (χ0v) is 6.19. The average molecular weight is 146 g/mol. The summed E-state index contributed by atoms with van der Waals surface area (Å²) in [6.07, 6.45) is 0.830. The lowest BCUT2D eigenvalue weighted by Gasteiger charge is -2.02. The molecule has 52 valence electrons. The molecule has 2 unspecified atom stereocenters. The second-order valence-electron chi connectivity index (χ2n) is 2.45. The van der Waals surface area contributed by atoms with E-state index in [1.54, 1.807) is 0 Å². The van der Waals surface area contributed by atoms with Gasteiger partial charge in [-0.1, -0.05) is 0 Å². The van der Waals surface area contributed by atoms with E-state index in [9.17, 15) is 0 Å². The van der Waals surface area contributed by atoms with Crippen LogP contribution in [0.15, 0.2) is 0 Å². The fraction of sp³-hybridized carbons (Fsp3) is 1.00. The van der Waals surface area contributed by atoms with Crippen molar-refractivity contribution in [3.8, 4) is 0 Å². The van der Waals surface area contributed by atoms with Gasteiger partial charge in [0.15, 0.2) is 6.29 Å². The highest BCUT2D eigenvalue weighted by Gasteiger charge is 2.37. The van der Waals surface area contributed by atoms with E-state index in [0.717, 1.165) is 11.5 Å². The summed E-state index contributed by atoms with van der Waals surface area (Å²) in [6.45, 7) is 1.96. The first kappa shape index (κ1) is 6.01. The van der Waals surface area contributed by atoms with Crippen LogP contribution in [0.3, 0.4) is 0 Å². The molecule has 0 aromatic carbocycles. The van der Waals surface area contributed by atoms with E-state index in [1.165, 1.54) is 0 Å². The molecule has 0 saturated carbocycles. The summed E-state index contributed by atoms with van der Waals surface area (Å²) in [5.74, 6) is 2.24. The third-order valence-corrected chi connectivity index (χ3v) is 2.84. The third kappa shape index (κ3) is 0.974. The van der Waals surface area contributed by atoms with E-state index in [2.05, 4.69) is 0 Å². The highest BCUT2D eigenvalue weighted by Crippen LogP contribution is 2.30. The molecule has 2 atom stereocenters. The normalized spacial score (nSPS) is 49.7. The minimum absolute atomic E-state index is 0.0425. The molecule has 2 rings (SSSR count). The fourth-order valence-corrected chi connectivity index (χ4v) is 2.48. The third-order valence-electron chi connectivity index (χ3n) is 1.71. The van der Waals surface area contributed by atoms with Gasteiger partial charge in [-0.25, -0.2) is 0 Å². The van der Waals surface area contributed by atoms with Crippen molar-refractivity contribution >= 4 is 11.8 Å². The fourth-order valence-electron chi connectivity index (χ4n) is 1.29. The second-order valence-corrected chi connectivity index (χ2v) is 3.53. The maximum absolute atomic E-state index is 5.44. The van der Waals surface area contributed by atoms with Crippen LogP contribution in [0.1, 0.15) is 6.92 Å². The van der Waals surface area contributed by atoms with Crippen LogP contribution in [0.25, 0.3) is 0 Å². The van der Waals surface area contributed by atoms with Crippen molar-refractivity contribution in [2.24, 2.45) is 0 Å². The summed E-state index contributed by atoms with van der Waals surface area (Å²) in [5.41, 5.74) is 0. The summed E-state index contributed by atoms with van der Waals surface area (Å²) in [4.78, 5) is 0. The van der Waals surface area contributed by atoms with Gasteiger partial charge in [0, 0.05) is 11.5 Å². The van der Waals surface area contributed by atoms with Crippen molar-refractivity contribution in [2.45, 2.75) is 25.4 Å². The number of rotatable bonds is 0. The molecule has 0 bridgehead atoms. The first-order chi connectivity index (χ1) is 4.36. The quantitative estimate of drug-likeness (QED) is 0.505. The lowest BCUT2D eigenvalue weighted by molar-refractivity contribution is -0.0471. The number of fused-ring (bicyclic) bond motifs is 1. The molecule has 0 aromatic heterocycles.